The maximum absolute atomic E-state index is 10.6. The molecule has 0 bridgehead atoms. The molecule has 1 N–H and O–H groups in total. The van der Waals surface area contributed by atoms with Crippen molar-refractivity contribution in [1.82, 2.24) is 0 Å². The van der Waals surface area contributed by atoms with Crippen LogP contribution >= 0.6 is 24.0 Å². The Labute approximate surface area is 158 Å². The van der Waals surface area contributed by atoms with Crippen LogP contribution in [0.2, 0.25) is 0 Å². The first-order valence-electron chi connectivity index (χ1n) is 8.14. The molecule has 0 aliphatic rings. The Morgan fingerprint density at radius 3 is 2.04 bits per heavy atom. The summed E-state index contributed by atoms with van der Waals surface area (Å²) in [7, 11) is 2.23. The van der Waals surface area contributed by atoms with E-state index in [0.29, 0.717) is 13.0 Å². The van der Waals surface area contributed by atoms with Gasteiger partial charge in [-0.15, -0.1) is 24.0 Å². The molecule has 0 fully saturated rings. The van der Waals surface area contributed by atoms with Gasteiger partial charge in [0.05, 0.1) is 26.7 Å². The number of carboxylic acid groups (broad SMARTS) is 1. The molecule has 4 nitrogen and oxygen atoms in total. The molecule has 1 atom stereocenters. The number of carboxylic acids is 1. The largest absolute Gasteiger partial charge is 0.549 e. The molecule has 1 aromatic rings. The highest BCUT2D eigenvalue weighted by Crippen LogP contribution is 2.17. The van der Waals surface area contributed by atoms with Crippen molar-refractivity contribution >= 4 is 29.9 Å². The smallest absolute Gasteiger partial charge is 0.0806 e. The lowest BCUT2D eigenvalue weighted by molar-refractivity contribution is -0.906. The third kappa shape index (κ3) is 9.94. The van der Waals surface area contributed by atoms with Crippen LogP contribution in [0, 0.1) is 0 Å². The molecular weight excluding hydrogens is 405 g/mol. The van der Waals surface area contributed by atoms with Crippen LogP contribution in [0.15, 0.2) is 30.3 Å². The summed E-state index contributed by atoms with van der Waals surface area (Å²) in [4.78, 5) is 10.6. The molecule has 0 saturated carbocycles. The van der Waals surface area contributed by atoms with E-state index in [2.05, 4.69) is 20.9 Å². The molecule has 0 aliphatic heterocycles. The Balaban J connectivity index is 0. The van der Waals surface area contributed by atoms with E-state index >= 15 is 0 Å². The van der Waals surface area contributed by atoms with Gasteiger partial charge in [-0.2, -0.15) is 0 Å². The number of benzene rings is 1. The van der Waals surface area contributed by atoms with Crippen molar-refractivity contribution in [3.63, 3.8) is 0 Å². The Morgan fingerprint density at radius 1 is 1.17 bits per heavy atom. The van der Waals surface area contributed by atoms with E-state index in [9.17, 15) is 9.90 Å². The predicted molar refractivity (Wildman–Crippen MR) is 104 cm³/mol. The minimum absolute atomic E-state index is 0. The zero-order chi connectivity index (χ0) is 17.0. The molecule has 1 rings (SSSR count). The predicted octanol–water partition coefficient (Wildman–Crippen LogP) is 2.40. The second kappa shape index (κ2) is 13.7. The highest BCUT2D eigenvalue weighted by Gasteiger charge is 2.14. The lowest BCUT2D eigenvalue weighted by Gasteiger charge is -2.31. The zero-order valence-corrected chi connectivity index (χ0v) is 17.2. The molecular formula is C18H32INO3. The summed E-state index contributed by atoms with van der Waals surface area (Å²) in [6.07, 6.45) is 1.50. The fourth-order valence-electron chi connectivity index (χ4n) is 2.22. The minimum atomic E-state index is -0.997. The molecule has 1 unspecified atom stereocenters. The second-order valence-corrected chi connectivity index (χ2v) is 5.74. The molecule has 0 radical (unpaired) electrons. The standard InChI is InChI=1S/C10H12O2.C8H20NO.HI/c1-2-9(10(11)12)8-6-4-3-5-7-8;1-4-9(3,5-2)7-6-8-10;/h3-7,9H,2H2,1H3,(H,11,12);10H,4-8H2,1-3H3;1H/q;+1;/p-1. The summed E-state index contributed by atoms with van der Waals surface area (Å²) in [6, 6.07) is 9.15. The van der Waals surface area contributed by atoms with Crippen LogP contribution < -0.4 is 5.11 Å². The lowest BCUT2D eigenvalue weighted by Crippen LogP contribution is -2.44. The summed E-state index contributed by atoms with van der Waals surface area (Å²) in [5.41, 5.74) is 0.819. The van der Waals surface area contributed by atoms with Gasteiger partial charge in [-0.3, -0.25) is 0 Å². The Bertz CT molecular complexity index is 408. The maximum atomic E-state index is 10.6. The van der Waals surface area contributed by atoms with E-state index in [0.717, 1.165) is 36.1 Å². The minimum Gasteiger partial charge on any atom is -0.549 e. The van der Waals surface area contributed by atoms with Gasteiger partial charge in [0.1, 0.15) is 0 Å². The van der Waals surface area contributed by atoms with Crippen molar-refractivity contribution in [3.05, 3.63) is 35.9 Å². The quantitative estimate of drug-likeness (QED) is 0.502. The van der Waals surface area contributed by atoms with Gasteiger partial charge in [0.25, 0.3) is 0 Å². The van der Waals surface area contributed by atoms with Crippen molar-refractivity contribution in [3.8, 4) is 0 Å². The number of carbonyl (C=O) groups is 1. The van der Waals surface area contributed by atoms with Crippen molar-refractivity contribution in [1.29, 1.82) is 0 Å². The number of hydrogen-bond donors (Lipinski definition) is 1. The number of aliphatic carboxylic acids is 1. The molecule has 0 spiro atoms. The van der Waals surface area contributed by atoms with Gasteiger partial charge >= 0.3 is 0 Å². The van der Waals surface area contributed by atoms with Gasteiger partial charge in [-0.1, -0.05) is 37.3 Å². The number of hydrogen-bond acceptors (Lipinski definition) is 3. The van der Waals surface area contributed by atoms with Gasteiger partial charge in [0.15, 0.2) is 0 Å². The average molecular weight is 437 g/mol. The van der Waals surface area contributed by atoms with Crippen LogP contribution in [0.4, 0.5) is 0 Å². The maximum Gasteiger partial charge on any atom is 0.0806 e. The number of aliphatic hydroxyl groups excluding tert-OH is 1. The monoisotopic (exact) mass is 437 g/mol. The molecule has 0 heterocycles. The van der Waals surface area contributed by atoms with Crippen molar-refractivity contribution in [2.75, 3.05) is 33.3 Å². The molecule has 0 amide bonds. The van der Waals surface area contributed by atoms with Gasteiger partial charge in [-0.05, 0) is 25.8 Å². The van der Waals surface area contributed by atoms with Gasteiger partial charge in [-0.25, -0.2) is 0 Å². The van der Waals surface area contributed by atoms with Crippen LogP contribution in [0.5, 0.6) is 0 Å². The van der Waals surface area contributed by atoms with E-state index in [4.69, 9.17) is 5.11 Å². The van der Waals surface area contributed by atoms with E-state index in [1.807, 2.05) is 37.3 Å². The average Bonchev–Trinajstić information content (AvgIpc) is 2.54. The van der Waals surface area contributed by atoms with Crippen LogP contribution in [0.1, 0.15) is 45.1 Å². The summed E-state index contributed by atoms with van der Waals surface area (Å²) in [5, 5.41) is 19.2. The van der Waals surface area contributed by atoms with Crippen LogP contribution in [-0.4, -0.2) is 48.8 Å². The second-order valence-electron chi connectivity index (χ2n) is 5.74. The Hall–Kier alpha value is -0.660. The molecule has 0 aromatic heterocycles. The van der Waals surface area contributed by atoms with Crippen molar-refractivity contribution in [2.45, 2.75) is 39.5 Å². The van der Waals surface area contributed by atoms with Crippen LogP contribution in [0.25, 0.3) is 0 Å². The third-order valence-corrected chi connectivity index (χ3v) is 4.28. The number of quaternary nitrogens is 1. The first kappa shape index (κ1) is 24.6. The molecule has 134 valence electrons. The van der Waals surface area contributed by atoms with E-state index in [1.54, 1.807) is 0 Å². The lowest BCUT2D eigenvalue weighted by atomic mass is 9.97. The van der Waals surface area contributed by atoms with Gasteiger partial charge < -0.3 is 19.5 Å². The zero-order valence-electron chi connectivity index (χ0n) is 14.8. The fourth-order valence-corrected chi connectivity index (χ4v) is 2.22. The fraction of sp³-hybridized carbons (Fsp3) is 0.611. The first-order chi connectivity index (χ1) is 10.4. The molecule has 0 saturated heterocycles. The van der Waals surface area contributed by atoms with E-state index in [-0.39, 0.29) is 24.0 Å². The Morgan fingerprint density at radius 2 is 1.70 bits per heavy atom. The summed E-state index contributed by atoms with van der Waals surface area (Å²) in [6.45, 7) is 9.99. The van der Waals surface area contributed by atoms with E-state index in [1.165, 1.54) is 0 Å². The van der Waals surface area contributed by atoms with Crippen LogP contribution in [-0.2, 0) is 4.79 Å². The van der Waals surface area contributed by atoms with Gasteiger partial charge in [0.2, 0.25) is 0 Å². The van der Waals surface area contributed by atoms with E-state index < -0.39 is 11.9 Å². The number of nitrogens with zero attached hydrogens (tertiary/aromatic N) is 1. The highest BCUT2D eigenvalue weighted by atomic mass is 127. The molecule has 0 aliphatic carbocycles. The molecule has 5 heteroatoms. The normalized spacial score (nSPS) is 11.7. The molecule has 1 aromatic carbocycles. The SMILES string of the molecule is CCC(C(=O)[O-])c1ccccc1.CC[N+](C)(CC)CCCO.I. The summed E-state index contributed by atoms with van der Waals surface area (Å²) >= 11 is 0. The summed E-state index contributed by atoms with van der Waals surface area (Å²) < 4.78 is 1.08. The Kier molecular flexibility index (Phi) is 14.7. The van der Waals surface area contributed by atoms with Crippen molar-refractivity contribution in [2.24, 2.45) is 0 Å². The van der Waals surface area contributed by atoms with Crippen LogP contribution in [0.3, 0.4) is 0 Å². The number of aliphatic hydroxyl groups is 1. The van der Waals surface area contributed by atoms with Crippen molar-refractivity contribution < 1.29 is 19.5 Å². The number of halogens is 1. The number of carbonyl (C=O) groups excluding carboxylic acids is 1. The van der Waals surface area contributed by atoms with Gasteiger partial charge in [0, 0.05) is 24.9 Å². The highest BCUT2D eigenvalue weighted by molar-refractivity contribution is 14.0. The number of rotatable bonds is 8. The molecule has 23 heavy (non-hydrogen) atoms. The summed E-state index contributed by atoms with van der Waals surface area (Å²) in [5.74, 6) is -1.46. The topological polar surface area (TPSA) is 60.4 Å². The first-order valence-corrected chi connectivity index (χ1v) is 8.14. The third-order valence-electron chi connectivity index (χ3n) is 4.28.